The highest BCUT2D eigenvalue weighted by molar-refractivity contribution is 5.19. The number of ether oxygens (including phenoxy) is 1. The maximum atomic E-state index is 7.17. The first-order chi connectivity index (χ1) is 4.88. The number of hydrogen-bond donors (Lipinski definition) is 0. The van der Waals surface area contributed by atoms with Crippen LogP contribution in [0.15, 0.2) is 30.3 Å². The van der Waals surface area contributed by atoms with E-state index in [0.717, 1.165) is 5.56 Å². The van der Waals surface area contributed by atoms with E-state index in [1.165, 1.54) is 0 Å². The predicted octanol–water partition coefficient (Wildman–Crippen LogP) is 1.76. The summed E-state index contributed by atoms with van der Waals surface area (Å²) in [5.74, 6) is 0. The Bertz CT molecular complexity index is 222. The first-order valence-corrected chi connectivity index (χ1v) is 3.00. The van der Waals surface area contributed by atoms with Gasteiger partial charge in [0.15, 0.2) is 0 Å². The van der Waals surface area contributed by atoms with Crippen molar-refractivity contribution in [2.75, 3.05) is 6.58 Å². The fraction of sp³-hybridized carbons (Fsp3) is 0.250. The zero-order chi connectivity index (χ0) is 6.97. The molecule has 0 spiro atoms. The minimum absolute atomic E-state index is 0.0428. The van der Waals surface area contributed by atoms with Crippen LogP contribution in [0.5, 0.6) is 0 Å². The van der Waals surface area contributed by atoms with Crippen LogP contribution in [-0.2, 0) is 4.74 Å². The summed E-state index contributed by atoms with van der Waals surface area (Å²) in [6, 6.07) is 9.86. The van der Waals surface area contributed by atoms with Gasteiger partial charge in [-0.15, -0.1) is 0 Å². The lowest BCUT2D eigenvalue weighted by atomic mass is 10.2. The lowest BCUT2D eigenvalue weighted by Crippen LogP contribution is -1.75. The molecule has 0 amide bonds. The third-order valence-electron chi connectivity index (χ3n) is 1.40. The Kier molecular flexibility index (Phi) is 0.836. The van der Waals surface area contributed by atoms with Gasteiger partial charge in [0.25, 0.3) is 0 Å². The van der Waals surface area contributed by atoms with Crippen LogP contribution in [0.4, 0.5) is 0 Å². The monoisotopic (exact) mass is 121 g/mol. The Labute approximate surface area is 55.7 Å². The summed E-state index contributed by atoms with van der Waals surface area (Å²) in [5, 5.41) is 0. The van der Waals surface area contributed by atoms with Gasteiger partial charge in [0.1, 0.15) is 6.10 Å². The van der Waals surface area contributed by atoms with Crippen molar-refractivity contribution in [3.05, 3.63) is 35.9 Å². The molecule has 0 aromatic heterocycles. The average Bonchev–Trinajstić information content (AvgIpc) is 2.69. The predicted molar refractivity (Wildman–Crippen MR) is 35.1 cm³/mol. The summed E-state index contributed by atoms with van der Waals surface area (Å²) in [7, 11) is 0. The van der Waals surface area contributed by atoms with Gasteiger partial charge in [-0.2, -0.15) is 0 Å². The molecular formula is C8H8O. The summed E-state index contributed by atoms with van der Waals surface area (Å²) in [6.45, 7) is -0.317. The highest BCUT2D eigenvalue weighted by atomic mass is 16.6. The molecule has 0 saturated carbocycles. The summed E-state index contributed by atoms with van der Waals surface area (Å²) < 4.78 is 12.1. The van der Waals surface area contributed by atoms with E-state index in [-0.39, 0.29) is 12.7 Å². The van der Waals surface area contributed by atoms with Gasteiger partial charge in [-0.25, -0.2) is 0 Å². The van der Waals surface area contributed by atoms with Gasteiger partial charge in [-0.1, -0.05) is 30.3 Å². The maximum absolute atomic E-state index is 7.17. The third-order valence-corrected chi connectivity index (χ3v) is 1.40. The van der Waals surface area contributed by atoms with Crippen molar-refractivity contribution < 1.29 is 6.11 Å². The van der Waals surface area contributed by atoms with Crippen LogP contribution in [-0.4, -0.2) is 6.58 Å². The fourth-order valence-corrected chi connectivity index (χ4v) is 0.839. The molecule has 1 unspecified atom stereocenters. The zero-order valence-electron chi connectivity index (χ0n) is 5.95. The van der Waals surface area contributed by atoms with E-state index >= 15 is 0 Å². The Hall–Kier alpha value is -0.820. The lowest BCUT2D eigenvalue weighted by molar-refractivity contribution is 0.415. The molecule has 0 aliphatic carbocycles. The molecule has 1 aliphatic heterocycles. The van der Waals surface area contributed by atoms with Gasteiger partial charge >= 0.3 is 0 Å². The molecule has 1 aliphatic rings. The average molecular weight is 121 g/mol. The van der Waals surface area contributed by atoms with E-state index in [1.54, 1.807) is 0 Å². The normalized spacial score (nSPS) is 33.6. The van der Waals surface area contributed by atoms with Crippen molar-refractivity contribution in [3.63, 3.8) is 0 Å². The van der Waals surface area contributed by atoms with Crippen molar-refractivity contribution in [2.45, 2.75) is 6.10 Å². The third kappa shape index (κ3) is 0.958. The molecule has 1 nitrogen and oxygen atoms in total. The molecule has 9 heavy (non-hydrogen) atoms. The smallest absolute Gasteiger partial charge is 0.106 e. The molecule has 1 saturated heterocycles. The highest BCUT2D eigenvalue weighted by Crippen LogP contribution is 2.28. The molecule has 0 N–H and O–H groups in total. The minimum atomic E-state index is -0.317. The van der Waals surface area contributed by atoms with Crippen LogP contribution in [0.1, 0.15) is 13.0 Å². The molecule has 46 valence electrons. The van der Waals surface area contributed by atoms with Crippen molar-refractivity contribution >= 4 is 0 Å². The molecule has 2 rings (SSSR count). The van der Waals surface area contributed by atoms with Crippen LogP contribution < -0.4 is 0 Å². The van der Waals surface area contributed by atoms with Gasteiger partial charge in [-0.3, -0.25) is 0 Å². The molecule has 2 atom stereocenters. The van der Waals surface area contributed by atoms with Crippen molar-refractivity contribution in [1.82, 2.24) is 0 Å². The molecule has 1 heterocycles. The lowest BCUT2D eigenvalue weighted by Gasteiger charge is -1.89. The van der Waals surface area contributed by atoms with Crippen LogP contribution in [0, 0.1) is 0 Å². The van der Waals surface area contributed by atoms with Crippen molar-refractivity contribution in [1.29, 1.82) is 0 Å². The van der Waals surface area contributed by atoms with Gasteiger partial charge in [-0.05, 0) is 5.56 Å². The van der Waals surface area contributed by atoms with Gasteiger partial charge in [0, 0.05) is 0 Å². The summed E-state index contributed by atoms with van der Waals surface area (Å²) in [4.78, 5) is 0. The number of hydrogen-bond acceptors (Lipinski definition) is 1. The first-order valence-electron chi connectivity index (χ1n) is 3.58. The van der Waals surface area contributed by atoms with Crippen molar-refractivity contribution in [2.24, 2.45) is 0 Å². The Morgan fingerprint density at radius 2 is 2.11 bits per heavy atom. The van der Waals surface area contributed by atoms with E-state index in [2.05, 4.69) is 0 Å². The standard InChI is InChI=1S/C8H8O/c1-2-4-7(5-3-1)8-6-9-8/h1-5,8H,6H2/t8-/m1/s1/i6D/t6?,8-. The van der Waals surface area contributed by atoms with Gasteiger partial charge in [0.05, 0.1) is 7.95 Å². The van der Waals surface area contributed by atoms with Crippen LogP contribution in [0.3, 0.4) is 0 Å². The molecular weight excluding hydrogens is 112 g/mol. The van der Waals surface area contributed by atoms with E-state index in [9.17, 15) is 0 Å². The molecule has 1 aromatic rings. The highest BCUT2D eigenvalue weighted by Gasteiger charge is 2.23. The summed E-state index contributed by atoms with van der Waals surface area (Å²) >= 11 is 0. The molecule has 0 radical (unpaired) electrons. The zero-order valence-corrected chi connectivity index (χ0v) is 4.95. The number of benzene rings is 1. The van der Waals surface area contributed by atoms with E-state index < -0.39 is 0 Å². The fourth-order valence-electron chi connectivity index (χ4n) is 0.839. The Morgan fingerprint density at radius 3 is 2.67 bits per heavy atom. The van der Waals surface area contributed by atoms with Crippen molar-refractivity contribution in [3.8, 4) is 0 Å². The van der Waals surface area contributed by atoms with Crippen LogP contribution in [0.2, 0.25) is 0 Å². The topological polar surface area (TPSA) is 12.5 Å². The molecule has 1 aromatic carbocycles. The second-order valence-electron chi connectivity index (χ2n) is 2.10. The first kappa shape index (κ1) is 4.07. The van der Waals surface area contributed by atoms with E-state index in [0.29, 0.717) is 0 Å². The van der Waals surface area contributed by atoms with Gasteiger partial charge < -0.3 is 4.74 Å². The summed E-state index contributed by atoms with van der Waals surface area (Å²) in [5.41, 5.74) is 1.11. The van der Waals surface area contributed by atoms with Gasteiger partial charge in [0.2, 0.25) is 0 Å². The second kappa shape index (κ2) is 1.85. The minimum Gasteiger partial charge on any atom is -0.368 e. The van der Waals surface area contributed by atoms with Crippen LogP contribution in [0.25, 0.3) is 0 Å². The molecule has 0 bridgehead atoms. The molecule has 1 heteroatoms. The summed E-state index contributed by atoms with van der Waals surface area (Å²) in [6.07, 6.45) is 0.0428. The Balaban J connectivity index is 2.20. The van der Waals surface area contributed by atoms with E-state index in [1.807, 2.05) is 30.3 Å². The largest absolute Gasteiger partial charge is 0.368 e. The van der Waals surface area contributed by atoms with E-state index in [4.69, 9.17) is 6.11 Å². The maximum Gasteiger partial charge on any atom is 0.106 e. The SMILES string of the molecule is [2H]C1O[C@H]1c1ccccc1. The number of rotatable bonds is 1. The number of epoxide rings is 1. The van der Waals surface area contributed by atoms with Crippen LogP contribution >= 0.6 is 0 Å². The quantitative estimate of drug-likeness (QED) is 0.516. The Morgan fingerprint density at radius 1 is 1.44 bits per heavy atom. The second-order valence-corrected chi connectivity index (χ2v) is 2.10. The molecule has 1 fully saturated rings.